The molecule has 4 rings (SSSR count). The number of ether oxygens (including phenoxy) is 2. The number of fused-ring (bicyclic) bond motifs is 1. The van der Waals surface area contributed by atoms with Crippen molar-refractivity contribution in [3.8, 4) is 17.2 Å². The van der Waals surface area contributed by atoms with E-state index in [4.69, 9.17) is 9.47 Å². The standard InChI is InChI=1S/C22H20F3N5O3/c1-3-32-20-8-19(33-18-5-4-13(23)6-15(18)24)16(25)7-17(20)30(10-12(2)31)22-14-9-28-29-21(14)26-11-27-22/h4-9,11-12,31H,3,10H2,1-2H3,(H,26,27,28,29). The Balaban J connectivity index is 1.82. The van der Waals surface area contributed by atoms with E-state index in [9.17, 15) is 13.9 Å². The second-order valence-electron chi connectivity index (χ2n) is 7.15. The summed E-state index contributed by atoms with van der Waals surface area (Å²) in [5.74, 6) is -2.68. The second kappa shape index (κ2) is 9.33. The van der Waals surface area contributed by atoms with Gasteiger partial charge >= 0.3 is 0 Å². The molecule has 172 valence electrons. The Morgan fingerprint density at radius 1 is 1.06 bits per heavy atom. The average Bonchev–Trinajstić information content (AvgIpc) is 3.25. The largest absolute Gasteiger partial charge is 0.492 e. The normalized spacial score (nSPS) is 12.1. The highest BCUT2D eigenvalue weighted by Gasteiger charge is 2.24. The molecule has 0 saturated carbocycles. The molecule has 2 heterocycles. The van der Waals surface area contributed by atoms with Crippen LogP contribution in [-0.2, 0) is 0 Å². The SMILES string of the molecule is CCOc1cc(Oc2ccc(F)cc2F)c(F)cc1N(CC(C)O)c1ncnc2[nH]ncc12. The topological polar surface area (TPSA) is 96.4 Å². The van der Waals surface area contributed by atoms with E-state index in [1.54, 1.807) is 18.7 Å². The van der Waals surface area contributed by atoms with Crippen molar-refractivity contribution in [3.63, 3.8) is 0 Å². The number of nitrogens with zero attached hydrogens (tertiary/aromatic N) is 4. The quantitative estimate of drug-likeness (QED) is 0.401. The molecule has 0 saturated heterocycles. The van der Waals surface area contributed by atoms with Gasteiger partial charge in [0.25, 0.3) is 0 Å². The lowest BCUT2D eigenvalue weighted by atomic mass is 10.2. The van der Waals surface area contributed by atoms with Crippen molar-refractivity contribution in [1.29, 1.82) is 0 Å². The molecular formula is C22H20F3N5O3. The van der Waals surface area contributed by atoms with Crippen LogP contribution in [0.3, 0.4) is 0 Å². The number of anilines is 2. The minimum Gasteiger partial charge on any atom is -0.492 e. The van der Waals surface area contributed by atoms with E-state index >= 15 is 4.39 Å². The van der Waals surface area contributed by atoms with Crippen LogP contribution in [-0.4, -0.2) is 44.5 Å². The second-order valence-corrected chi connectivity index (χ2v) is 7.15. The number of H-pyrrole nitrogens is 1. The fraction of sp³-hybridized carbons (Fsp3) is 0.227. The lowest BCUT2D eigenvalue weighted by Gasteiger charge is -2.28. The highest BCUT2D eigenvalue weighted by Crippen LogP contribution is 2.41. The Bertz CT molecular complexity index is 1280. The lowest BCUT2D eigenvalue weighted by molar-refractivity contribution is 0.202. The summed E-state index contributed by atoms with van der Waals surface area (Å²) in [5.41, 5.74) is 0.712. The van der Waals surface area contributed by atoms with Gasteiger partial charge in [0.1, 0.15) is 23.7 Å². The smallest absolute Gasteiger partial charge is 0.168 e. The van der Waals surface area contributed by atoms with E-state index in [0.29, 0.717) is 22.9 Å². The fourth-order valence-corrected chi connectivity index (χ4v) is 3.29. The maximum absolute atomic E-state index is 15.1. The summed E-state index contributed by atoms with van der Waals surface area (Å²) in [4.78, 5) is 9.97. The van der Waals surface area contributed by atoms with E-state index in [2.05, 4.69) is 20.2 Å². The van der Waals surface area contributed by atoms with Gasteiger partial charge in [0.2, 0.25) is 0 Å². The molecular weight excluding hydrogens is 439 g/mol. The Morgan fingerprint density at radius 2 is 1.85 bits per heavy atom. The molecule has 1 unspecified atom stereocenters. The first kappa shape index (κ1) is 22.3. The number of aromatic amines is 1. The van der Waals surface area contributed by atoms with Gasteiger partial charge < -0.3 is 19.5 Å². The summed E-state index contributed by atoms with van der Waals surface area (Å²) >= 11 is 0. The van der Waals surface area contributed by atoms with Gasteiger partial charge in [-0.15, -0.1) is 0 Å². The third-order valence-corrected chi connectivity index (χ3v) is 4.65. The lowest BCUT2D eigenvalue weighted by Crippen LogP contribution is -2.28. The van der Waals surface area contributed by atoms with Gasteiger partial charge in [-0.25, -0.2) is 23.1 Å². The highest BCUT2D eigenvalue weighted by atomic mass is 19.1. The monoisotopic (exact) mass is 459 g/mol. The van der Waals surface area contributed by atoms with Crippen LogP contribution < -0.4 is 14.4 Å². The molecule has 0 radical (unpaired) electrons. The van der Waals surface area contributed by atoms with Gasteiger partial charge in [-0.1, -0.05) is 0 Å². The molecule has 2 aromatic carbocycles. The molecule has 0 aliphatic heterocycles. The first-order valence-electron chi connectivity index (χ1n) is 10.1. The zero-order valence-electron chi connectivity index (χ0n) is 17.7. The fourth-order valence-electron chi connectivity index (χ4n) is 3.29. The number of nitrogens with one attached hydrogen (secondary N) is 1. The third-order valence-electron chi connectivity index (χ3n) is 4.65. The Hall–Kier alpha value is -3.86. The van der Waals surface area contributed by atoms with E-state index in [0.717, 1.165) is 18.2 Å². The molecule has 2 N–H and O–H groups in total. The summed E-state index contributed by atoms with van der Waals surface area (Å²) in [6.07, 6.45) is 2.02. The molecule has 4 aromatic rings. The maximum Gasteiger partial charge on any atom is 0.168 e. The summed E-state index contributed by atoms with van der Waals surface area (Å²) in [7, 11) is 0. The number of rotatable bonds is 8. The molecule has 2 aromatic heterocycles. The molecule has 0 fully saturated rings. The number of halogens is 3. The number of hydrogen-bond acceptors (Lipinski definition) is 7. The van der Waals surface area contributed by atoms with Crippen LogP contribution in [0.1, 0.15) is 13.8 Å². The molecule has 11 heteroatoms. The molecule has 33 heavy (non-hydrogen) atoms. The molecule has 8 nitrogen and oxygen atoms in total. The van der Waals surface area contributed by atoms with Crippen LogP contribution in [0, 0.1) is 17.5 Å². The van der Waals surface area contributed by atoms with Crippen molar-refractivity contribution < 1.29 is 27.8 Å². The summed E-state index contributed by atoms with van der Waals surface area (Å²) in [5, 5.41) is 17.4. The summed E-state index contributed by atoms with van der Waals surface area (Å²) in [6.45, 7) is 3.59. The number of aliphatic hydroxyl groups is 1. The van der Waals surface area contributed by atoms with Gasteiger partial charge in [-0.2, -0.15) is 5.10 Å². The minimum atomic E-state index is -0.976. The van der Waals surface area contributed by atoms with Gasteiger partial charge in [-0.3, -0.25) is 5.10 Å². The third kappa shape index (κ3) is 4.67. The van der Waals surface area contributed by atoms with Crippen LogP contribution in [0.25, 0.3) is 11.0 Å². The zero-order chi connectivity index (χ0) is 23.5. The van der Waals surface area contributed by atoms with Crippen molar-refractivity contribution in [1.82, 2.24) is 20.2 Å². The van der Waals surface area contributed by atoms with E-state index in [1.165, 1.54) is 18.6 Å². The Labute approximate surface area is 186 Å². The number of benzene rings is 2. The minimum absolute atomic E-state index is 0.0452. The van der Waals surface area contributed by atoms with Crippen molar-refractivity contribution in [2.45, 2.75) is 20.0 Å². The van der Waals surface area contributed by atoms with E-state index in [1.807, 2.05) is 0 Å². The van der Waals surface area contributed by atoms with Crippen LogP contribution in [0.2, 0.25) is 0 Å². The van der Waals surface area contributed by atoms with Crippen LogP contribution in [0.5, 0.6) is 17.2 Å². The average molecular weight is 459 g/mol. The predicted molar refractivity (Wildman–Crippen MR) is 114 cm³/mol. The number of hydrogen-bond donors (Lipinski definition) is 2. The summed E-state index contributed by atoms with van der Waals surface area (Å²) < 4.78 is 53.4. The highest BCUT2D eigenvalue weighted by molar-refractivity contribution is 5.89. The Kier molecular flexibility index (Phi) is 6.31. The van der Waals surface area contributed by atoms with Crippen molar-refractivity contribution in [2.75, 3.05) is 18.1 Å². The summed E-state index contributed by atoms with van der Waals surface area (Å²) in [6, 6.07) is 5.11. The first-order valence-corrected chi connectivity index (χ1v) is 10.1. The molecule has 0 amide bonds. The molecule has 0 spiro atoms. The number of aromatic nitrogens is 4. The molecule has 0 aliphatic carbocycles. The molecule has 1 atom stereocenters. The Morgan fingerprint density at radius 3 is 2.58 bits per heavy atom. The van der Waals surface area contributed by atoms with Crippen molar-refractivity contribution in [2.24, 2.45) is 0 Å². The predicted octanol–water partition coefficient (Wildman–Crippen LogP) is 4.48. The first-order chi connectivity index (χ1) is 15.9. The molecule has 0 aliphatic rings. The van der Waals surface area contributed by atoms with E-state index in [-0.39, 0.29) is 36.1 Å². The van der Waals surface area contributed by atoms with Gasteiger partial charge in [-0.05, 0) is 26.0 Å². The van der Waals surface area contributed by atoms with Gasteiger partial charge in [0.05, 0.1) is 36.5 Å². The van der Waals surface area contributed by atoms with Crippen molar-refractivity contribution in [3.05, 3.63) is 60.3 Å². The number of aliphatic hydroxyl groups excluding tert-OH is 1. The van der Waals surface area contributed by atoms with Gasteiger partial charge in [0, 0.05) is 18.2 Å². The van der Waals surface area contributed by atoms with Crippen molar-refractivity contribution >= 4 is 22.5 Å². The van der Waals surface area contributed by atoms with E-state index < -0.39 is 23.6 Å². The maximum atomic E-state index is 15.1. The van der Waals surface area contributed by atoms with Crippen LogP contribution in [0.15, 0.2) is 42.9 Å². The van der Waals surface area contributed by atoms with Gasteiger partial charge in [0.15, 0.2) is 28.8 Å². The van der Waals surface area contributed by atoms with Crippen LogP contribution in [0.4, 0.5) is 24.7 Å². The zero-order valence-corrected chi connectivity index (χ0v) is 17.7. The van der Waals surface area contributed by atoms with Crippen LogP contribution >= 0.6 is 0 Å². The molecule has 0 bridgehead atoms.